The van der Waals surface area contributed by atoms with Crippen molar-refractivity contribution < 1.29 is 9.84 Å². The molecule has 26 heavy (non-hydrogen) atoms. The first-order valence-electron chi connectivity index (χ1n) is 9.06. The summed E-state index contributed by atoms with van der Waals surface area (Å²) in [6.45, 7) is 4.55. The van der Waals surface area contributed by atoms with Crippen LogP contribution in [0.4, 0.5) is 0 Å². The average Bonchev–Trinajstić information content (AvgIpc) is 2.66. The largest absolute Gasteiger partial charge is 0.497 e. The summed E-state index contributed by atoms with van der Waals surface area (Å²) in [6.07, 6.45) is 4.97. The van der Waals surface area contributed by atoms with Gasteiger partial charge in [-0.1, -0.05) is 13.3 Å². The first kappa shape index (κ1) is 21.2. The Balaban J connectivity index is 0.00000121. The summed E-state index contributed by atoms with van der Waals surface area (Å²) >= 11 is 0. The van der Waals surface area contributed by atoms with Crippen molar-refractivity contribution in [3.63, 3.8) is 0 Å². The normalized spacial score (nSPS) is 28.1. The molecule has 3 aliphatic heterocycles. The van der Waals surface area contributed by atoms with E-state index in [4.69, 9.17) is 4.74 Å². The Morgan fingerprint density at radius 2 is 2.12 bits per heavy atom. The number of methoxy groups -OCH3 is 1. The topological polar surface area (TPSA) is 45.6 Å². The molecule has 5 rings (SSSR count). The van der Waals surface area contributed by atoms with E-state index < -0.39 is 6.10 Å². The summed E-state index contributed by atoms with van der Waals surface area (Å²) < 4.78 is 5.36. The predicted molar refractivity (Wildman–Crippen MR) is 110 cm³/mol. The van der Waals surface area contributed by atoms with Crippen LogP contribution in [0.25, 0.3) is 10.9 Å². The standard InChI is InChI=1S/C20H26N2O2.2ClH/c1-3-13-12-22-9-7-14(13)10-19(22)20(23)16-6-8-21-18-5-4-15(24-2)11-17(16)18;;/h4-6,8,11,13-14,19-20,23H,3,7,9-10,12H2,1-2H3;2*1H/t13-,14-,19+,20-;;/m0../s1. The zero-order valence-electron chi connectivity index (χ0n) is 15.3. The Hall–Kier alpha value is -1.07. The van der Waals surface area contributed by atoms with E-state index in [1.807, 2.05) is 24.3 Å². The minimum absolute atomic E-state index is 0. The van der Waals surface area contributed by atoms with Gasteiger partial charge in [0.25, 0.3) is 0 Å². The Kier molecular flexibility index (Phi) is 7.14. The van der Waals surface area contributed by atoms with Gasteiger partial charge in [0.2, 0.25) is 0 Å². The molecule has 3 saturated heterocycles. The molecule has 0 spiro atoms. The molecule has 6 heteroatoms. The number of aliphatic hydroxyl groups is 1. The number of ether oxygens (including phenoxy) is 1. The van der Waals surface area contributed by atoms with Gasteiger partial charge < -0.3 is 9.84 Å². The van der Waals surface area contributed by atoms with E-state index in [0.29, 0.717) is 0 Å². The van der Waals surface area contributed by atoms with Crippen LogP contribution in [-0.4, -0.2) is 41.2 Å². The van der Waals surface area contributed by atoms with E-state index in [0.717, 1.165) is 53.6 Å². The highest BCUT2D eigenvalue weighted by atomic mass is 35.5. The van der Waals surface area contributed by atoms with E-state index in [1.54, 1.807) is 13.3 Å². The van der Waals surface area contributed by atoms with Gasteiger partial charge in [-0.2, -0.15) is 0 Å². The van der Waals surface area contributed by atoms with Crippen LogP contribution in [0, 0.1) is 11.8 Å². The quantitative estimate of drug-likeness (QED) is 0.836. The molecule has 0 aliphatic carbocycles. The van der Waals surface area contributed by atoms with Crippen LogP contribution < -0.4 is 4.74 Å². The first-order chi connectivity index (χ1) is 11.7. The fourth-order valence-electron chi connectivity index (χ4n) is 4.71. The van der Waals surface area contributed by atoms with Gasteiger partial charge >= 0.3 is 0 Å². The average molecular weight is 399 g/mol. The summed E-state index contributed by atoms with van der Waals surface area (Å²) in [6, 6.07) is 8.07. The number of fused-ring (bicyclic) bond motifs is 4. The lowest BCUT2D eigenvalue weighted by Crippen LogP contribution is -2.55. The summed E-state index contributed by atoms with van der Waals surface area (Å²) in [5.41, 5.74) is 1.89. The third-order valence-corrected chi connectivity index (χ3v) is 6.13. The molecule has 5 atom stereocenters. The van der Waals surface area contributed by atoms with Gasteiger partial charge in [-0.15, -0.1) is 24.8 Å². The van der Waals surface area contributed by atoms with E-state index in [9.17, 15) is 5.11 Å². The lowest BCUT2D eigenvalue weighted by molar-refractivity contribution is -0.0562. The molecule has 0 radical (unpaired) electrons. The highest BCUT2D eigenvalue weighted by molar-refractivity contribution is 5.85. The van der Waals surface area contributed by atoms with E-state index in [1.165, 1.54) is 12.8 Å². The fraction of sp³-hybridized carbons (Fsp3) is 0.550. The number of hydrogen-bond acceptors (Lipinski definition) is 4. The van der Waals surface area contributed by atoms with Crippen molar-refractivity contribution >= 4 is 35.7 Å². The Labute approximate surface area is 167 Å². The number of aromatic nitrogens is 1. The third-order valence-electron chi connectivity index (χ3n) is 6.13. The lowest BCUT2D eigenvalue weighted by atomic mass is 9.72. The van der Waals surface area contributed by atoms with Gasteiger partial charge in [-0.3, -0.25) is 9.88 Å². The molecule has 4 heterocycles. The van der Waals surface area contributed by atoms with E-state index in [-0.39, 0.29) is 30.9 Å². The molecule has 1 aromatic heterocycles. The summed E-state index contributed by atoms with van der Waals surface area (Å²) in [7, 11) is 1.67. The molecule has 4 nitrogen and oxygen atoms in total. The Morgan fingerprint density at radius 3 is 2.77 bits per heavy atom. The van der Waals surface area contributed by atoms with Gasteiger partial charge in [0.15, 0.2) is 0 Å². The number of rotatable bonds is 4. The number of hydrogen-bond donors (Lipinski definition) is 1. The summed E-state index contributed by atoms with van der Waals surface area (Å²) in [5, 5.41) is 12.2. The van der Waals surface area contributed by atoms with Gasteiger partial charge in [-0.25, -0.2) is 0 Å². The van der Waals surface area contributed by atoms with Gasteiger partial charge in [-0.05, 0) is 61.1 Å². The zero-order chi connectivity index (χ0) is 16.7. The highest BCUT2D eigenvalue weighted by Crippen LogP contribution is 2.42. The zero-order valence-corrected chi connectivity index (χ0v) is 16.9. The Morgan fingerprint density at radius 1 is 1.31 bits per heavy atom. The maximum atomic E-state index is 11.2. The van der Waals surface area contributed by atoms with E-state index in [2.05, 4.69) is 16.8 Å². The maximum Gasteiger partial charge on any atom is 0.119 e. The second-order valence-electron chi connectivity index (χ2n) is 7.24. The van der Waals surface area contributed by atoms with Crippen LogP contribution in [0.15, 0.2) is 30.5 Å². The molecule has 1 aromatic carbocycles. The molecule has 2 aromatic rings. The molecular formula is C20H28Cl2N2O2. The molecule has 0 amide bonds. The number of nitrogens with zero attached hydrogens (tertiary/aromatic N) is 2. The van der Waals surface area contributed by atoms with Crippen molar-refractivity contribution in [3.8, 4) is 5.75 Å². The Bertz CT molecular complexity index is 743. The van der Waals surface area contributed by atoms with Crippen LogP contribution in [0.2, 0.25) is 0 Å². The van der Waals surface area contributed by atoms with Crippen LogP contribution in [0.1, 0.15) is 37.9 Å². The smallest absolute Gasteiger partial charge is 0.119 e. The lowest BCUT2D eigenvalue weighted by Gasteiger charge is -2.51. The number of pyridine rings is 1. The number of aliphatic hydroxyl groups excluding tert-OH is 1. The van der Waals surface area contributed by atoms with Gasteiger partial charge in [0.1, 0.15) is 5.75 Å². The third kappa shape index (κ3) is 3.65. The molecule has 144 valence electrons. The van der Waals surface area contributed by atoms with Crippen molar-refractivity contribution in [1.29, 1.82) is 0 Å². The van der Waals surface area contributed by atoms with Crippen LogP contribution >= 0.6 is 24.8 Å². The monoisotopic (exact) mass is 398 g/mol. The number of benzene rings is 1. The van der Waals surface area contributed by atoms with E-state index >= 15 is 0 Å². The fourth-order valence-corrected chi connectivity index (χ4v) is 4.71. The molecule has 0 saturated carbocycles. The molecule has 3 aliphatic rings. The molecule has 1 unspecified atom stereocenters. The SMILES string of the molecule is CC[C@H]1CN2CC[C@H]1C[C@@H]2[C@@H](O)c1ccnc2ccc(OC)cc12.Cl.Cl. The summed E-state index contributed by atoms with van der Waals surface area (Å²) in [4.78, 5) is 6.94. The van der Waals surface area contributed by atoms with Crippen molar-refractivity contribution in [2.75, 3.05) is 20.2 Å². The van der Waals surface area contributed by atoms with Crippen LogP contribution in [0.3, 0.4) is 0 Å². The minimum Gasteiger partial charge on any atom is -0.497 e. The van der Waals surface area contributed by atoms with Gasteiger partial charge in [0.05, 0.1) is 18.7 Å². The summed E-state index contributed by atoms with van der Waals surface area (Å²) in [5.74, 6) is 2.37. The van der Waals surface area contributed by atoms with Crippen molar-refractivity contribution in [3.05, 3.63) is 36.0 Å². The number of piperidine rings is 3. The molecule has 3 fully saturated rings. The van der Waals surface area contributed by atoms with Crippen molar-refractivity contribution in [1.82, 2.24) is 9.88 Å². The second-order valence-corrected chi connectivity index (χ2v) is 7.24. The van der Waals surface area contributed by atoms with Crippen molar-refractivity contribution in [2.24, 2.45) is 11.8 Å². The van der Waals surface area contributed by atoms with Crippen LogP contribution in [-0.2, 0) is 0 Å². The predicted octanol–water partition coefficient (Wildman–Crippen LogP) is 4.24. The first-order valence-corrected chi connectivity index (χ1v) is 9.06. The second kappa shape index (κ2) is 8.75. The van der Waals surface area contributed by atoms with Crippen molar-refractivity contribution in [2.45, 2.75) is 38.3 Å². The van der Waals surface area contributed by atoms with Crippen LogP contribution in [0.5, 0.6) is 5.75 Å². The van der Waals surface area contributed by atoms with Gasteiger partial charge in [0, 0.05) is 24.2 Å². The molecule has 1 N–H and O–H groups in total. The minimum atomic E-state index is -0.469. The molecular weight excluding hydrogens is 371 g/mol. The molecule has 2 bridgehead atoms. The number of halogens is 2. The highest BCUT2D eigenvalue weighted by Gasteiger charge is 2.42. The maximum absolute atomic E-state index is 11.2.